The zero-order valence-corrected chi connectivity index (χ0v) is 12.1. The molecule has 20 heavy (non-hydrogen) atoms. The fourth-order valence-corrected chi connectivity index (χ4v) is 2.14. The Morgan fingerprint density at radius 2 is 2.10 bits per heavy atom. The molecule has 0 saturated carbocycles. The number of fused-ring (bicyclic) bond motifs is 1. The van der Waals surface area contributed by atoms with E-state index in [1.165, 1.54) is 10.9 Å². The van der Waals surface area contributed by atoms with Crippen LogP contribution in [0.25, 0.3) is 10.8 Å². The zero-order chi connectivity index (χ0) is 14.2. The Balaban J connectivity index is 2.21. The van der Waals surface area contributed by atoms with Gasteiger partial charge in [-0.1, -0.05) is 31.2 Å². The van der Waals surface area contributed by atoms with Gasteiger partial charge >= 0.3 is 0 Å². The molecule has 0 amide bonds. The van der Waals surface area contributed by atoms with Gasteiger partial charge in [-0.2, -0.15) is 0 Å². The predicted molar refractivity (Wildman–Crippen MR) is 84.0 cm³/mol. The molecule has 1 heterocycles. The summed E-state index contributed by atoms with van der Waals surface area (Å²) in [5.41, 5.74) is 1.21. The van der Waals surface area contributed by atoms with E-state index in [0.717, 1.165) is 37.2 Å². The lowest BCUT2D eigenvalue weighted by Crippen LogP contribution is -2.12. The van der Waals surface area contributed by atoms with Crippen LogP contribution >= 0.6 is 0 Å². The van der Waals surface area contributed by atoms with Crippen LogP contribution in [0.15, 0.2) is 43.1 Å². The summed E-state index contributed by atoms with van der Waals surface area (Å²) in [5.74, 6) is 0.727. The molecule has 0 spiro atoms. The predicted octanol–water partition coefficient (Wildman–Crippen LogP) is 3.69. The van der Waals surface area contributed by atoms with Crippen molar-refractivity contribution in [2.45, 2.75) is 26.3 Å². The Hall–Kier alpha value is -1.87. The number of nitrogens with zero attached hydrogens (tertiary/aromatic N) is 1. The Bertz CT molecular complexity index is 566. The van der Waals surface area contributed by atoms with E-state index in [2.05, 4.69) is 42.0 Å². The van der Waals surface area contributed by atoms with E-state index >= 15 is 0 Å². The molecule has 0 aliphatic heterocycles. The summed E-state index contributed by atoms with van der Waals surface area (Å²) in [4.78, 5) is 4.47. The first kappa shape index (κ1) is 14.5. The van der Waals surface area contributed by atoms with Crippen LogP contribution in [0.4, 0.5) is 0 Å². The van der Waals surface area contributed by atoms with Gasteiger partial charge in [0.25, 0.3) is 0 Å². The van der Waals surface area contributed by atoms with Crippen molar-refractivity contribution >= 4 is 10.8 Å². The Kier molecular flexibility index (Phi) is 5.56. The van der Waals surface area contributed by atoms with Crippen molar-refractivity contribution in [1.29, 1.82) is 0 Å². The quantitative estimate of drug-likeness (QED) is 0.587. The van der Waals surface area contributed by atoms with Crippen LogP contribution < -0.4 is 10.1 Å². The summed E-state index contributed by atoms with van der Waals surface area (Å²) in [5, 5.41) is 5.64. The van der Waals surface area contributed by atoms with Gasteiger partial charge in [-0.05, 0) is 36.4 Å². The number of pyridine rings is 1. The molecule has 1 aromatic heterocycles. The molecule has 3 nitrogen and oxygen atoms in total. The zero-order valence-electron chi connectivity index (χ0n) is 12.1. The minimum Gasteiger partial charge on any atom is -0.477 e. The van der Waals surface area contributed by atoms with Gasteiger partial charge in [-0.25, -0.2) is 4.98 Å². The number of rotatable bonds is 8. The molecule has 2 aromatic rings. The van der Waals surface area contributed by atoms with Gasteiger partial charge in [0.2, 0.25) is 5.88 Å². The van der Waals surface area contributed by atoms with Gasteiger partial charge in [0, 0.05) is 18.1 Å². The van der Waals surface area contributed by atoms with Crippen LogP contribution in [-0.4, -0.2) is 18.1 Å². The van der Waals surface area contributed by atoms with Gasteiger partial charge in [-0.3, -0.25) is 0 Å². The van der Waals surface area contributed by atoms with E-state index in [4.69, 9.17) is 4.74 Å². The third-order valence-electron chi connectivity index (χ3n) is 3.20. The highest BCUT2D eigenvalue weighted by Gasteiger charge is 2.07. The third kappa shape index (κ3) is 3.58. The van der Waals surface area contributed by atoms with Crippen LogP contribution in [0.5, 0.6) is 5.88 Å². The summed E-state index contributed by atoms with van der Waals surface area (Å²) in [7, 11) is 0. The molecular formula is C17H22N2O. The molecule has 0 aliphatic rings. The van der Waals surface area contributed by atoms with Crippen molar-refractivity contribution in [2.24, 2.45) is 0 Å². The van der Waals surface area contributed by atoms with Gasteiger partial charge in [0.15, 0.2) is 0 Å². The van der Waals surface area contributed by atoms with E-state index in [0.29, 0.717) is 6.61 Å². The minimum absolute atomic E-state index is 0.676. The number of allylic oxidation sites excluding steroid dienone is 1. The smallest absolute Gasteiger partial charge is 0.221 e. The van der Waals surface area contributed by atoms with E-state index < -0.39 is 0 Å². The number of nitrogens with one attached hydrogen (secondary N) is 1. The first-order valence-electron chi connectivity index (χ1n) is 7.17. The first-order chi connectivity index (χ1) is 9.86. The lowest BCUT2D eigenvalue weighted by Gasteiger charge is -2.11. The van der Waals surface area contributed by atoms with Gasteiger partial charge in [0.05, 0.1) is 6.61 Å². The maximum Gasteiger partial charge on any atom is 0.221 e. The maximum absolute atomic E-state index is 5.80. The molecule has 0 radical (unpaired) electrons. The summed E-state index contributed by atoms with van der Waals surface area (Å²) in [6.07, 6.45) is 5.76. The van der Waals surface area contributed by atoms with E-state index in [9.17, 15) is 0 Å². The lowest BCUT2D eigenvalue weighted by atomic mass is 10.1. The molecule has 0 fully saturated rings. The molecule has 1 aromatic carbocycles. The average Bonchev–Trinajstić information content (AvgIpc) is 2.50. The standard InChI is InChI=1S/C17H22N2O/c1-3-5-8-11-20-17-16-10-7-6-9-15(16)14(13-19-17)12-18-4-2/h3,6-7,9-10,13,18H,1,4-5,8,11-12H2,2H3. The lowest BCUT2D eigenvalue weighted by molar-refractivity contribution is 0.304. The third-order valence-corrected chi connectivity index (χ3v) is 3.20. The molecule has 3 heteroatoms. The first-order valence-corrected chi connectivity index (χ1v) is 7.17. The van der Waals surface area contributed by atoms with Crippen LogP contribution in [-0.2, 0) is 6.54 Å². The van der Waals surface area contributed by atoms with Crippen LogP contribution in [0, 0.1) is 0 Å². The molecule has 0 saturated heterocycles. The van der Waals surface area contributed by atoms with E-state index in [1.54, 1.807) is 0 Å². The monoisotopic (exact) mass is 270 g/mol. The number of hydrogen-bond donors (Lipinski definition) is 1. The van der Waals surface area contributed by atoms with Gasteiger partial charge in [-0.15, -0.1) is 6.58 Å². The normalized spacial score (nSPS) is 10.7. The number of hydrogen-bond acceptors (Lipinski definition) is 3. The molecule has 1 N–H and O–H groups in total. The molecule has 2 rings (SSSR count). The Morgan fingerprint density at radius 3 is 2.85 bits per heavy atom. The second-order valence-corrected chi connectivity index (χ2v) is 4.69. The number of benzene rings is 1. The second-order valence-electron chi connectivity index (χ2n) is 4.69. The highest BCUT2D eigenvalue weighted by atomic mass is 16.5. The minimum atomic E-state index is 0.676. The van der Waals surface area contributed by atoms with Crippen LogP contribution in [0.3, 0.4) is 0 Å². The second kappa shape index (κ2) is 7.65. The average molecular weight is 270 g/mol. The van der Waals surface area contributed by atoms with Crippen molar-refractivity contribution in [3.8, 4) is 5.88 Å². The summed E-state index contributed by atoms with van der Waals surface area (Å²) < 4.78 is 5.80. The SMILES string of the molecule is C=CCCCOc1ncc(CNCC)c2ccccc12. The fourth-order valence-electron chi connectivity index (χ4n) is 2.14. The van der Waals surface area contributed by atoms with Crippen molar-refractivity contribution in [3.63, 3.8) is 0 Å². The number of unbranched alkanes of at least 4 members (excludes halogenated alkanes) is 1. The molecule has 0 atom stereocenters. The van der Waals surface area contributed by atoms with Crippen molar-refractivity contribution in [3.05, 3.63) is 48.7 Å². The summed E-state index contributed by atoms with van der Waals surface area (Å²) in [6, 6.07) is 8.28. The Morgan fingerprint density at radius 1 is 1.30 bits per heavy atom. The fraction of sp³-hybridized carbons (Fsp3) is 0.353. The van der Waals surface area contributed by atoms with Crippen molar-refractivity contribution in [2.75, 3.05) is 13.2 Å². The van der Waals surface area contributed by atoms with Crippen LogP contribution in [0.2, 0.25) is 0 Å². The molecule has 0 aliphatic carbocycles. The molecule has 0 unspecified atom stereocenters. The van der Waals surface area contributed by atoms with Crippen molar-refractivity contribution < 1.29 is 4.74 Å². The Labute approximate surface area is 120 Å². The summed E-state index contributed by atoms with van der Waals surface area (Å²) >= 11 is 0. The van der Waals surface area contributed by atoms with E-state index in [1.807, 2.05) is 18.3 Å². The molecular weight excluding hydrogens is 248 g/mol. The van der Waals surface area contributed by atoms with Crippen molar-refractivity contribution in [1.82, 2.24) is 10.3 Å². The number of aromatic nitrogens is 1. The molecule has 106 valence electrons. The highest BCUT2D eigenvalue weighted by molar-refractivity contribution is 5.89. The van der Waals surface area contributed by atoms with E-state index in [-0.39, 0.29) is 0 Å². The largest absolute Gasteiger partial charge is 0.477 e. The summed E-state index contributed by atoms with van der Waals surface area (Å²) in [6.45, 7) is 8.28. The maximum atomic E-state index is 5.80. The molecule has 0 bridgehead atoms. The van der Waals surface area contributed by atoms with Crippen LogP contribution in [0.1, 0.15) is 25.3 Å². The topological polar surface area (TPSA) is 34.1 Å². The van der Waals surface area contributed by atoms with Gasteiger partial charge < -0.3 is 10.1 Å². The van der Waals surface area contributed by atoms with Gasteiger partial charge in [0.1, 0.15) is 0 Å². The highest BCUT2D eigenvalue weighted by Crippen LogP contribution is 2.26. The number of ether oxygens (including phenoxy) is 1.